The molecule has 0 fully saturated rings. The number of nitrogens with zero attached hydrogens (tertiary/aromatic N) is 1. The van der Waals surface area contributed by atoms with Crippen LogP contribution in [0.3, 0.4) is 0 Å². The average molecular weight is 173 g/mol. The largest absolute Gasteiger partial charge is 0.581 e. The van der Waals surface area contributed by atoms with Crippen molar-refractivity contribution < 1.29 is 19.1 Å². The van der Waals surface area contributed by atoms with Crippen LogP contribution in [0.1, 0.15) is 6.92 Å². The quantitative estimate of drug-likeness (QED) is 0.543. The van der Waals surface area contributed by atoms with Gasteiger partial charge in [0.25, 0.3) is 0 Å². The summed E-state index contributed by atoms with van der Waals surface area (Å²) in [5, 5.41) is 0. The molecular formula is C6H9N2O4-. The fourth-order valence-corrected chi connectivity index (χ4v) is 0.352. The summed E-state index contributed by atoms with van der Waals surface area (Å²) in [6, 6.07) is 0. The number of ether oxygens (including phenoxy) is 2. The van der Waals surface area contributed by atoms with Gasteiger partial charge in [-0.05, 0) is 6.92 Å². The van der Waals surface area contributed by atoms with Crippen LogP contribution in [-0.2, 0) is 14.3 Å². The predicted molar refractivity (Wildman–Crippen MR) is 39.6 cm³/mol. The van der Waals surface area contributed by atoms with Crippen molar-refractivity contribution in [3.8, 4) is 0 Å². The van der Waals surface area contributed by atoms with E-state index in [4.69, 9.17) is 0 Å². The van der Waals surface area contributed by atoms with Gasteiger partial charge in [0.2, 0.25) is 0 Å². The van der Waals surface area contributed by atoms with Gasteiger partial charge < -0.3 is 25.0 Å². The molecule has 0 spiro atoms. The van der Waals surface area contributed by atoms with Crippen molar-refractivity contribution >= 4 is 18.4 Å². The van der Waals surface area contributed by atoms with Crippen molar-refractivity contribution in [2.45, 2.75) is 6.92 Å². The number of carbonyl (C=O) groups is 2. The zero-order chi connectivity index (χ0) is 9.40. The minimum Gasteiger partial charge on any atom is -0.581 e. The summed E-state index contributed by atoms with van der Waals surface area (Å²) < 4.78 is 8.47. The van der Waals surface area contributed by atoms with Crippen LogP contribution in [0.15, 0.2) is 4.99 Å². The van der Waals surface area contributed by atoms with Gasteiger partial charge in [-0.15, -0.1) is 0 Å². The summed E-state index contributed by atoms with van der Waals surface area (Å²) in [7, 11) is 0. The molecule has 1 aliphatic rings. The van der Waals surface area contributed by atoms with E-state index in [2.05, 4.69) is 20.2 Å². The van der Waals surface area contributed by atoms with Crippen molar-refractivity contribution in [1.29, 1.82) is 0 Å². The van der Waals surface area contributed by atoms with Gasteiger partial charge in [-0.25, -0.2) is 4.79 Å². The number of hydrogen-bond acceptors (Lipinski definition) is 4. The number of amides is 2. The van der Waals surface area contributed by atoms with E-state index in [-0.39, 0.29) is 12.5 Å². The van der Waals surface area contributed by atoms with Crippen LogP contribution in [0.4, 0.5) is 4.79 Å². The second kappa shape index (κ2) is 6.14. The predicted octanol–water partition coefficient (Wildman–Crippen LogP) is -0.450. The molecule has 0 aliphatic carbocycles. The van der Waals surface area contributed by atoms with Gasteiger partial charge in [0, 0.05) is 6.40 Å². The number of hydrogen-bond donors (Lipinski definition) is 1. The molecule has 0 aromatic rings. The number of rotatable bonds is 1. The molecule has 0 saturated carbocycles. The molecule has 1 rings (SSSR count). The van der Waals surface area contributed by atoms with Gasteiger partial charge in [0.05, 0.1) is 13.2 Å². The Hall–Kier alpha value is -1.59. The lowest BCUT2D eigenvalue weighted by Gasteiger charge is -1.89. The molecule has 12 heavy (non-hydrogen) atoms. The van der Waals surface area contributed by atoms with Gasteiger partial charge in [0.15, 0.2) is 0 Å². The standard InChI is InChI=1S/C3H2NO2.C3H7NO2/c5-3-1-6-2-4-3;1-2-6-3(4)5/h1H2;2H2,1H3,(H2,4,5)/q-1;. The molecule has 0 aromatic carbocycles. The molecule has 6 nitrogen and oxygen atoms in total. The van der Waals surface area contributed by atoms with Crippen LogP contribution in [0.25, 0.3) is 0 Å². The second-order valence-corrected chi connectivity index (χ2v) is 1.64. The van der Waals surface area contributed by atoms with Crippen molar-refractivity contribution in [2.75, 3.05) is 13.2 Å². The Labute approximate surface area is 69.3 Å². The molecule has 2 N–H and O–H groups in total. The highest BCUT2D eigenvalue weighted by Crippen LogP contribution is 1.83. The van der Waals surface area contributed by atoms with E-state index in [1.54, 1.807) is 6.92 Å². The molecule has 68 valence electrons. The summed E-state index contributed by atoms with van der Waals surface area (Å²) in [6.45, 7) is 2.13. The average Bonchev–Trinajstić information content (AvgIpc) is 2.40. The first kappa shape index (κ1) is 10.4. The molecule has 0 radical (unpaired) electrons. The summed E-state index contributed by atoms with van der Waals surface area (Å²) in [5.41, 5.74) is 4.54. The fourth-order valence-electron chi connectivity index (χ4n) is 0.352. The molecular weight excluding hydrogens is 164 g/mol. The molecule has 0 bridgehead atoms. The zero-order valence-electron chi connectivity index (χ0n) is 6.57. The number of primary amides is 1. The third-order valence-electron chi connectivity index (χ3n) is 0.717. The first-order valence-electron chi connectivity index (χ1n) is 3.19. The summed E-state index contributed by atoms with van der Waals surface area (Å²) in [4.78, 5) is 22.6. The van der Waals surface area contributed by atoms with Crippen LogP contribution >= 0.6 is 0 Å². The Kier molecular flexibility index (Phi) is 5.33. The maximum Gasteiger partial charge on any atom is 0.404 e. The van der Waals surface area contributed by atoms with Gasteiger partial charge in [-0.1, -0.05) is 0 Å². The lowest BCUT2D eigenvalue weighted by molar-refractivity contribution is -0.118. The van der Waals surface area contributed by atoms with Crippen molar-refractivity contribution in [1.82, 2.24) is 0 Å². The molecule has 0 unspecified atom stereocenters. The lowest BCUT2D eigenvalue weighted by Crippen LogP contribution is -2.11. The van der Waals surface area contributed by atoms with E-state index in [0.717, 1.165) is 0 Å². The molecule has 0 saturated heterocycles. The summed E-state index contributed by atoms with van der Waals surface area (Å²) >= 11 is 0. The Morgan fingerprint density at radius 3 is 2.67 bits per heavy atom. The van der Waals surface area contributed by atoms with E-state index >= 15 is 0 Å². The van der Waals surface area contributed by atoms with Gasteiger partial charge in [-0.2, -0.15) is 0 Å². The molecule has 0 aromatic heterocycles. The Bertz CT molecular complexity index is 190. The van der Waals surface area contributed by atoms with Crippen LogP contribution < -0.4 is 5.73 Å². The molecule has 1 heterocycles. The maximum absolute atomic E-state index is 9.89. The van der Waals surface area contributed by atoms with E-state index in [0.29, 0.717) is 6.61 Å². The number of nitrogens with two attached hydrogens (primary N) is 1. The number of aliphatic imine (C=N–C) groups is 1. The monoisotopic (exact) mass is 173 g/mol. The van der Waals surface area contributed by atoms with Crippen LogP contribution in [0.5, 0.6) is 0 Å². The maximum atomic E-state index is 9.89. The first-order valence-corrected chi connectivity index (χ1v) is 3.19. The first-order chi connectivity index (χ1) is 5.66. The third-order valence-corrected chi connectivity index (χ3v) is 0.717. The number of carbonyl (C=O) groups excluding carboxylic acids is 2. The summed E-state index contributed by atoms with van der Waals surface area (Å²) in [6.07, 6.45) is 1.34. The van der Waals surface area contributed by atoms with E-state index < -0.39 is 6.09 Å². The van der Waals surface area contributed by atoms with Gasteiger partial charge >= 0.3 is 6.09 Å². The molecule has 0 atom stereocenters. The van der Waals surface area contributed by atoms with Crippen molar-refractivity contribution in [3.63, 3.8) is 0 Å². The van der Waals surface area contributed by atoms with E-state index in [1.807, 2.05) is 6.40 Å². The normalized spacial score (nSPS) is 12.9. The highest BCUT2D eigenvalue weighted by molar-refractivity contribution is 5.88. The highest BCUT2D eigenvalue weighted by Gasteiger charge is 1.87. The van der Waals surface area contributed by atoms with Crippen LogP contribution in [-0.4, -0.2) is 31.6 Å². The second-order valence-electron chi connectivity index (χ2n) is 1.64. The highest BCUT2D eigenvalue weighted by atomic mass is 16.5. The van der Waals surface area contributed by atoms with E-state index in [9.17, 15) is 9.59 Å². The van der Waals surface area contributed by atoms with Crippen LogP contribution in [0, 0.1) is 0 Å². The minimum absolute atomic E-state index is 0.0694. The molecule has 6 heteroatoms. The minimum atomic E-state index is -0.711. The molecule has 2 amide bonds. The third kappa shape index (κ3) is 6.53. The topological polar surface area (TPSA) is 91.0 Å². The van der Waals surface area contributed by atoms with Crippen molar-refractivity contribution in [3.05, 3.63) is 0 Å². The fraction of sp³-hybridized carbons (Fsp3) is 0.500. The smallest absolute Gasteiger partial charge is 0.404 e. The zero-order valence-corrected chi connectivity index (χ0v) is 6.57. The SMILES string of the molecule is CCOC(N)=O.O=C1CO[C-]=N1. The van der Waals surface area contributed by atoms with Crippen LogP contribution in [0.2, 0.25) is 0 Å². The van der Waals surface area contributed by atoms with E-state index in [1.165, 1.54) is 0 Å². The molecule has 1 aliphatic heterocycles. The lowest BCUT2D eigenvalue weighted by atomic mass is 10.7. The van der Waals surface area contributed by atoms with Crippen molar-refractivity contribution in [2.24, 2.45) is 10.7 Å². The van der Waals surface area contributed by atoms with Gasteiger partial charge in [-0.3, -0.25) is 0 Å². The Morgan fingerprint density at radius 2 is 2.58 bits per heavy atom. The Morgan fingerprint density at radius 1 is 1.92 bits per heavy atom. The van der Waals surface area contributed by atoms with Gasteiger partial charge in [0.1, 0.15) is 5.91 Å². The Balaban J connectivity index is 0.000000202. The summed E-state index contributed by atoms with van der Waals surface area (Å²) in [5.74, 6) is -0.255.